The highest BCUT2D eigenvalue weighted by Gasteiger charge is 2.25. The Morgan fingerprint density at radius 3 is 2.91 bits per heavy atom. The highest BCUT2D eigenvalue weighted by Crippen LogP contribution is 2.23. The molecule has 0 bridgehead atoms. The van der Waals surface area contributed by atoms with Crippen molar-refractivity contribution in [3.05, 3.63) is 16.1 Å². The van der Waals surface area contributed by atoms with Crippen molar-refractivity contribution in [1.82, 2.24) is 15.2 Å². The molecule has 0 aliphatic carbocycles. The van der Waals surface area contributed by atoms with E-state index in [1.165, 1.54) is 17.8 Å². The summed E-state index contributed by atoms with van der Waals surface area (Å²) in [7, 11) is 1.89. The van der Waals surface area contributed by atoms with Crippen molar-refractivity contribution in [1.29, 1.82) is 0 Å². The summed E-state index contributed by atoms with van der Waals surface area (Å²) in [6.07, 6.45) is 4.79. The molecule has 0 amide bonds. The number of rotatable bonds is 6. The van der Waals surface area contributed by atoms with E-state index in [4.69, 9.17) is 0 Å². The van der Waals surface area contributed by atoms with Gasteiger partial charge in [0.15, 0.2) is 5.96 Å². The van der Waals surface area contributed by atoms with Crippen LogP contribution >= 0.6 is 35.3 Å². The fourth-order valence-corrected chi connectivity index (χ4v) is 3.99. The lowest BCUT2D eigenvalue weighted by Crippen LogP contribution is -2.40. The maximum atomic E-state index is 4.51. The Morgan fingerprint density at radius 2 is 2.30 bits per heavy atom. The van der Waals surface area contributed by atoms with Gasteiger partial charge < -0.3 is 10.2 Å². The Bertz CT molecular complexity index is 487. The summed E-state index contributed by atoms with van der Waals surface area (Å²) in [6.45, 7) is 9.95. The maximum Gasteiger partial charge on any atom is 0.193 e. The highest BCUT2D eigenvalue weighted by molar-refractivity contribution is 14.0. The second-order valence-corrected chi connectivity index (χ2v) is 7.63. The number of thiazole rings is 1. The van der Waals surface area contributed by atoms with Crippen molar-refractivity contribution in [3.63, 3.8) is 0 Å². The third-order valence-electron chi connectivity index (χ3n) is 4.12. The molecule has 1 aliphatic heterocycles. The van der Waals surface area contributed by atoms with Gasteiger partial charge in [-0.15, -0.1) is 35.3 Å². The molecule has 6 heteroatoms. The zero-order valence-corrected chi connectivity index (χ0v) is 18.0. The van der Waals surface area contributed by atoms with Crippen LogP contribution in [0.25, 0.3) is 0 Å². The SMILES string of the molecule is CN=C(NCCCc1nc(C)cs1)N1CCC(CC(C)C)C1.I. The van der Waals surface area contributed by atoms with E-state index in [1.54, 1.807) is 11.3 Å². The number of nitrogens with one attached hydrogen (secondary N) is 1. The number of nitrogens with zero attached hydrogens (tertiary/aromatic N) is 3. The number of aryl methyl sites for hydroxylation is 2. The molecule has 1 atom stereocenters. The zero-order chi connectivity index (χ0) is 15.9. The molecule has 132 valence electrons. The average molecular weight is 450 g/mol. The van der Waals surface area contributed by atoms with Gasteiger partial charge in [-0.05, 0) is 38.0 Å². The Hall–Kier alpha value is -0.370. The van der Waals surface area contributed by atoms with Crippen LogP contribution in [0.4, 0.5) is 0 Å². The lowest BCUT2D eigenvalue weighted by atomic mass is 9.97. The van der Waals surface area contributed by atoms with Crippen LogP contribution in [0.3, 0.4) is 0 Å². The van der Waals surface area contributed by atoms with Crippen molar-refractivity contribution in [2.45, 2.75) is 46.5 Å². The summed E-state index contributed by atoms with van der Waals surface area (Å²) in [4.78, 5) is 11.4. The minimum absolute atomic E-state index is 0. The van der Waals surface area contributed by atoms with Crippen LogP contribution in [-0.2, 0) is 6.42 Å². The topological polar surface area (TPSA) is 40.5 Å². The summed E-state index contributed by atoms with van der Waals surface area (Å²) in [6, 6.07) is 0. The molecule has 1 unspecified atom stereocenters. The summed E-state index contributed by atoms with van der Waals surface area (Å²) in [5.41, 5.74) is 1.14. The second kappa shape index (κ2) is 10.5. The van der Waals surface area contributed by atoms with Crippen molar-refractivity contribution in [2.75, 3.05) is 26.7 Å². The Balaban J connectivity index is 0.00000264. The van der Waals surface area contributed by atoms with Gasteiger partial charge in [0.2, 0.25) is 0 Å². The predicted molar refractivity (Wildman–Crippen MR) is 111 cm³/mol. The van der Waals surface area contributed by atoms with E-state index in [1.807, 2.05) is 7.05 Å². The molecule has 1 fully saturated rings. The van der Waals surface area contributed by atoms with Crippen molar-refractivity contribution in [3.8, 4) is 0 Å². The Morgan fingerprint density at radius 1 is 1.52 bits per heavy atom. The number of aliphatic imine (C=N–C) groups is 1. The van der Waals surface area contributed by atoms with Crippen molar-refractivity contribution in [2.24, 2.45) is 16.8 Å². The van der Waals surface area contributed by atoms with Gasteiger partial charge in [-0.2, -0.15) is 0 Å². The van der Waals surface area contributed by atoms with E-state index in [0.29, 0.717) is 0 Å². The summed E-state index contributed by atoms with van der Waals surface area (Å²) >= 11 is 1.77. The molecule has 0 aromatic carbocycles. The van der Waals surface area contributed by atoms with Crippen molar-refractivity contribution < 1.29 is 0 Å². The van der Waals surface area contributed by atoms with Gasteiger partial charge in [0.05, 0.1) is 5.01 Å². The molecule has 1 saturated heterocycles. The average Bonchev–Trinajstić information content (AvgIpc) is 3.08. The van der Waals surface area contributed by atoms with E-state index in [9.17, 15) is 0 Å². The molecule has 0 saturated carbocycles. The Kier molecular flexibility index (Phi) is 9.43. The lowest BCUT2D eigenvalue weighted by molar-refractivity contribution is 0.403. The molecular weight excluding hydrogens is 419 g/mol. The second-order valence-electron chi connectivity index (χ2n) is 6.69. The molecule has 1 N–H and O–H groups in total. The molecular formula is C17H31IN4S. The first-order valence-corrected chi connectivity index (χ1v) is 9.33. The maximum absolute atomic E-state index is 4.51. The summed E-state index contributed by atoms with van der Waals surface area (Å²) in [5, 5.41) is 6.88. The summed E-state index contributed by atoms with van der Waals surface area (Å²) < 4.78 is 0. The van der Waals surface area contributed by atoms with E-state index in [2.05, 4.69) is 46.3 Å². The fourth-order valence-electron chi connectivity index (χ4n) is 3.17. The molecule has 0 radical (unpaired) electrons. The molecule has 0 spiro atoms. The fraction of sp³-hybridized carbons (Fsp3) is 0.765. The number of halogens is 1. The van der Waals surface area contributed by atoms with Gasteiger partial charge in [-0.3, -0.25) is 4.99 Å². The van der Waals surface area contributed by atoms with Gasteiger partial charge in [-0.1, -0.05) is 13.8 Å². The lowest BCUT2D eigenvalue weighted by Gasteiger charge is -2.22. The van der Waals surface area contributed by atoms with Crippen LogP contribution in [0.2, 0.25) is 0 Å². The predicted octanol–water partition coefficient (Wildman–Crippen LogP) is 3.95. The van der Waals surface area contributed by atoms with Gasteiger partial charge >= 0.3 is 0 Å². The van der Waals surface area contributed by atoms with Crippen LogP contribution in [-0.4, -0.2) is 42.5 Å². The Labute approximate surface area is 162 Å². The minimum Gasteiger partial charge on any atom is -0.356 e. The summed E-state index contributed by atoms with van der Waals surface area (Å²) in [5.74, 6) is 2.69. The number of hydrogen-bond acceptors (Lipinski definition) is 3. The smallest absolute Gasteiger partial charge is 0.193 e. The highest BCUT2D eigenvalue weighted by atomic mass is 127. The van der Waals surface area contributed by atoms with Gasteiger partial charge in [0.1, 0.15) is 0 Å². The zero-order valence-electron chi connectivity index (χ0n) is 14.8. The molecule has 4 nitrogen and oxygen atoms in total. The monoisotopic (exact) mass is 450 g/mol. The molecule has 1 aromatic heterocycles. The van der Waals surface area contributed by atoms with E-state index in [-0.39, 0.29) is 24.0 Å². The van der Waals surface area contributed by atoms with Gasteiger partial charge in [0, 0.05) is 44.2 Å². The minimum atomic E-state index is 0. The molecule has 2 heterocycles. The van der Waals surface area contributed by atoms with E-state index < -0.39 is 0 Å². The standard InChI is InChI=1S/C17H30N4S.HI/c1-13(2)10-15-7-9-21(11-15)17(18-4)19-8-5-6-16-20-14(3)12-22-16;/h12-13,15H,5-11H2,1-4H3,(H,18,19);1H. The normalized spacial score (nSPS) is 18.4. The van der Waals surface area contributed by atoms with Gasteiger partial charge in [0.25, 0.3) is 0 Å². The van der Waals surface area contributed by atoms with Crippen molar-refractivity contribution >= 4 is 41.3 Å². The molecule has 1 aromatic rings. The number of aromatic nitrogens is 1. The van der Waals surface area contributed by atoms with Crippen LogP contribution in [0.5, 0.6) is 0 Å². The largest absolute Gasteiger partial charge is 0.356 e. The van der Waals surface area contributed by atoms with E-state index in [0.717, 1.165) is 56.0 Å². The van der Waals surface area contributed by atoms with Crippen LogP contribution in [0.1, 0.15) is 43.8 Å². The van der Waals surface area contributed by atoms with Crippen LogP contribution < -0.4 is 5.32 Å². The number of guanidine groups is 1. The van der Waals surface area contributed by atoms with E-state index >= 15 is 0 Å². The first kappa shape index (κ1) is 20.7. The molecule has 2 rings (SSSR count). The third kappa shape index (κ3) is 6.95. The van der Waals surface area contributed by atoms with Gasteiger partial charge in [-0.25, -0.2) is 4.98 Å². The first-order valence-electron chi connectivity index (χ1n) is 8.45. The van der Waals surface area contributed by atoms with Crippen LogP contribution in [0, 0.1) is 18.8 Å². The quantitative estimate of drug-likeness (QED) is 0.309. The first-order chi connectivity index (χ1) is 10.6. The number of likely N-dealkylation sites (tertiary alicyclic amines) is 1. The number of hydrogen-bond donors (Lipinski definition) is 1. The van der Waals surface area contributed by atoms with Crippen LogP contribution in [0.15, 0.2) is 10.4 Å². The third-order valence-corrected chi connectivity index (χ3v) is 5.15. The molecule has 23 heavy (non-hydrogen) atoms. The molecule has 1 aliphatic rings.